The maximum absolute atomic E-state index is 12.0. The Balaban J connectivity index is 1.56. The van der Waals surface area contributed by atoms with E-state index in [0.29, 0.717) is 0 Å². The third-order valence-corrected chi connectivity index (χ3v) is 3.53. The molecule has 0 radical (unpaired) electrons. The number of piperidine rings is 1. The molecule has 0 bridgehead atoms. The Morgan fingerprint density at radius 1 is 1.14 bits per heavy atom. The summed E-state index contributed by atoms with van der Waals surface area (Å²) in [7, 11) is 0. The standard InChI is InChI=1S/C15H18N4O2/c20-14(18-9-5-2-6-10-18)11-21-15-16-12-19(17-15)13-7-3-1-4-8-13/h1,3-4,7-8,12H,2,5-6,9-11H2. The highest BCUT2D eigenvalue weighted by atomic mass is 16.5. The van der Waals surface area contributed by atoms with Gasteiger partial charge in [0.05, 0.1) is 5.69 Å². The Hall–Kier alpha value is -2.37. The van der Waals surface area contributed by atoms with Crippen LogP contribution in [0.25, 0.3) is 5.69 Å². The number of carbonyl (C=O) groups excluding carboxylic acids is 1. The first-order chi connectivity index (χ1) is 10.3. The first kappa shape index (κ1) is 13.6. The molecule has 2 aromatic rings. The average Bonchev–Trinajstić information content (AvgIpc) is 3.03. The highest BCUT2D eigenvalue weighted by Gasteiger charge is 2.17. The third-order valence-electron chi connectivity index (χ3n) is 3.53. The second-order valence-electron chi connectivity index (χ2n) is 5.04. The van der Waals surface area contributed by atoms with Crippen molar-refractivity contribution in [2.24, 2.45) is 0 Å². The molecule has 6 heteroatoms. The molecule has 1 aromatic carbocycles. The highest BCUT2D eigenvalue weighted by Crippen LogP contribution is 2.10. The molecule has 3 rings (SSSR count). The Labute approximate surface area is 123 Å². The van der Waals surface area contributed by atoms with Gasteiger partial charge in [0.2, 0.25) is 0 Å². The maximum atomic E-state index is 12.0. The van der Waals surface area contributed by atoms with Crippen molar-refractivity contribution in [2.45, 2.75) is 19.3 Å². The van der Waals surface area contributed by atoms with Crippen LogP contribution in [0, 0.1) is 0 Å². The van der Waals surface area contributed by atoms with Gasteiger partial charge in [-0.3, -0.25) is 4.79 Å². The van der Waals surface area contributed by atoms with Crippen molar-refractivity contribution in [3.05, 3.63) is 36.7 Å². The number of benzene rings is 1. The average molecular weight is 286 g/mol. The van der Waals surface area contributed by atoms with Crippen molar-refractivity contribution in [1.29, 1.82) is 0 Å². The summed E-state index contributed by atoms with van der Waals surface area (Å²) >= 11 is 0. The topological polar surface area (TPSA) is 60.2 Å². The Morgan fingerprint density at radius 3 is 2.67 bits per heavy atom. The van der Waals surface area contributed by atoms with Crippen molar-refractivity contribution in [3.63, 3.8) is 0 Å². The monoisotopic (exact) mass is 286 g/mol. The first-order valence-electron chi connectivity index (χ1n) is 7.20. The molecule has 0 unspecified atom stereocenters. The summed E-state index contributed by atoms with van der Waals surface area (Å²) in [6.07, 6.45) is 4.93. The van der Waals surface area contributed by atoms with Gasteiger partial charge in [0, 0.05) is 13.1 Å². The van der Waals surface area contributed by atoms with Gasteiger partial charge in [-0.2, -0.15) is 4.98 Å². The van der Waals surface area contributed by atoms with Crippen LogP contribution in [0.2, 0.25) is 0 Å². The van der Waals surface area contributed by atoms with Gasteiger partial charge in [-0.15, -0.1) is 5.10 Å². The molecule has 1 amide bonds. The van der Waals surface area contributed by atoms with Crippen LogP contribution in [-0.4, -0.2) is 45.3 Å². The molecule has 0 saturated carbocycles. The minimum Gasteiger partial charge on any atom is -0.452 e. The van der Waals surface area contributed by atoms with Crippen LogP contribution < -0.4 is 4.74 Å². The van der Waals surface area contributed by atoms with E-state index in [1.54, 1.807) is 11.0 Å². The number of para-hydroxylation sites is 1. The molecule has 1 aliphatic rings. The zero-order valence-electron chi connectivity index (χ0n) is 11.8. The van der Waals surface area contributed by atoms with Crippen LogP contribution in [0.1, 0.15) is 19.3 Å². The Kier molecular flexibility index (Phi) is 4.14. The van der Waals surface area contributed by atoms with Gasteiger partial charge in [-0.25, -0.2) is 4.68 Å². The maximum Gasteiger partial charge on any atom is 0.336 e. The fourth-order valence-corrected chi connectivity index (χ4v) is 2.38. The summed E-state index contributed by atoms with van der Waals surface area (Å²) in [5, 5.41) is 4.21. The van der Waals surface area contributed by atoms with Gasteiger partial charge >= 0.3 is 6.01 Å². The second-order valence-corrected chi connectivity index (χ2v) is 5.04. The largest absolute Gasteiger partial charge is 0.452 e. The summed E-state index contributed by atoms with van der Waals surface area (Å²) in [6, 6.07) is 9.88. The molecular weight excluding hydrogens is 268 g/mol. The molecule has 1 aromatic heterocycles. The minimum absolute atomic E-state index is 0.00119. The van der Waals surface area contributed by atoms with Crippen molar-refractivity contribution >= 4 is 5.91 Å². The molecule has 0 spiro atoms. The number of amides is 1. The van der Waals surface area contributed by atoms with Crippen LogP contribution >= 0.6 is 0 Å². The fraction of sp³-hybridized carbons (Fsp3) is 0.400. The lowest BCUT2D eigenvalue weighted by atomic mass is 10.1. The van der Waals surface area contributed by atoms with Gasteiger partial charge < -0.3 is 9.64 Å². The smallest absolute Gasteiger partial charge is 0.336 e. The van der Waals surface area contributed by atoms with Crippen LogP contribution in [0.4, 0.5) is 0 Å². The van der Waals surface area contributed by atoms with E-state index < -0.39 is 0 Å². The van der Waals surface area contributed by atoms with Gasteiger partial charge in [0.1, 0.15) is 6.33 Å². The summed E-state index contributed by atoms with van der Waals surface area (Å²) in [4.78, 5) is 17.9. The SMILES string of the molecule is O=C(COc1ncn(-c2ccccc2)n1)N1CCCCC1. The number of carbonyl (C=O) groups is 1. The second kappa shape index (κ2) is 6.39. The Bertz CT molecular complexity index is 591. The van der Waals surface area contributed by atoms with Gasteiger partial charge in [-0.05, 0) is 31.4 Å². The van der Waals surface area contributed by atoms with Crippen molar-refractivity contribution < 1.29 is 9.53 Å². The van der Waals surface area contributed by atoms with E-state index in [-0.39, 0.29) is 18.5 Å². The molecule has 6 nitrogen and oxygen atoms in total. The molecule has 1 fully saturated rings. The quantitative estimate of drug-likeness (QED) is 0.857. The van der Waals surface area contributed by atoms with Crippen LogP contribution in [0.3, 0.4) is 0 Å². The predicted molar refractivity (Wildman–Crippen MR) is 77.3 cm³/mol. The number of ether oxygens (including phenoxy) is 1. The summed E-state index contributed by atoms with van der Waals surface area (Å²) in [5.41, 5.74) is 0.905. The van der Waals surface area contributed by atoms with Gasteiger partial charge in [0.15, 0.2) is 6.61 Å². The minimum atomic E-state index is -0.00119. The third kappa shape index (κ3) is 3.39. The lowest BCUT2D eigenvalue weighted by Gasteiger charge is -2.26. The lowest BCUT2D eigenvalue weighted by molar-refractivity contribution is -0.134. The zero-order valence-corrected chi connectivity index (χ0v) is 11.8. The van der Waals surface area contributed by atoms with E-state index in [1.807, 2.05) is 35.2 Å². The predicted octanol–water partition coefficient (Wildman–Crippen LogP) is 1.66. The first-order valence-corrected chi connectivity index (χ1v) is 7.20. The number of hydrogen-bond acceptors (Lipinski definition) is 4. The molecule has 2 heterocycles. The van der Waals surface area contributed by atoms with Crippen LogP contribution in [0.15, 0.2) is 36.7 Å². The number of aromatic nitrogens is 3. The normalized spacial score (nSPS) is 15.0. The van der Waals surface area contributed by atoms with Gasteiger partial charge in [-0.1, -0.05) is 18.2 Å². The zero-order chi connectivity index (χ0) is 14.5. The lowest BCUT2D eigenvalue weighted by Crippen LogP contribution is -2.38. The molecule has 0 aliphatic carbocycles. The van der Waals surface area contributed by atoms with E-state index in [9.17, 15) is 4.79 Å². The Morgan fingerprint density at radius 2 is 1.90 bits per heavy atom. The summed E-state index contributed by atoms with van der Waals surface area (Å²) in [6.45, 7) is 1.65. The molecule has 0 N–H and O–H groups in total. The number of nitrogens with zero attached hydrogens (tertiary/aromatic N) is 4. The molecule has 1 saturated heterocycles. The van der Waals surface area contributed by atoms with Crippen molar-refractivity contribution in [1.82, 2.24) is 19.7 Å². The fourth-order valence-electron chi connectivity index (χ4n) is 2.38. The molecule has 1 aliphatic heterocycles. The molecule has 0 atom stereocenters. The number of likely N-dealkylation sites (tertiary alicyclic amines) is 1. The highest BCUT2D eigenvalue weighted by molar-refractivity contribution is 5.77. The van der Waals surface area contributed by atoms with Crippen molar-refractivity contribution in [2.75, 3.05) is 19.7 Å². The number of hydrogen-bond donors (Lipinski definition) is 0. The van der Waals surface area contributed by atoms with Crippen molar-refractivity contribution in [3.8, 4) is 11.7 Å². The van der Waals surface area contributed by atoms with E-state index in [1.165, 1.54) is 6.42 Å². The van der Waals surface area contributed by atoms with E-state index in [2.05, 4.69) is 10.1 Å². The van der Waals surface area contributed by atoms with Gasteiger partial charge in [0.25, 0.3) is 5.91 Å². The van der Waals surface area contributed by atoms with E-state index in [0.717, 1.165) is 31.6 Å². The van der Waals surface area contributed by atoms with E-state index in [4.69, 9.17) is 4.74 Å². The van der Waals surface area contributed by atoms with E-state index >= 15 is 0 Å². The van der Waals surface area contributed by atoms with Crippen LogP contribution in [0.5, 0.6) is 6.01 Å². The molecular formula is C15H18N4O2. The summed E-state index contributed by atoms with van der Waals surface area (Å²) in [5.74, 6) is 0.00533. The molecule has 21 heavy (non-hydrogen) atoms. The van der Waals surface area contributed by atoms with Crippen LogP contribution in [-0.2, 0) is 4.79 Å². The molecule has 110 valence electrons. The summed E-state index contributed by atoms with van der Waals surface area (Å²) < 4.78 is 7.01. The number of rotatable bonds is 4.